The predicted octanol–water partition coefficient (Wildman–Crippen LogP) is 9.12. The van der Waals surface area contributed by atoms with Gasteiger partial charge in [0.1, 0.15) is 31.7 Å². The fraction of sp³-hybridized carbons (Fsp3) is 0.718. The lowest BCUT2D eigenvalue weighted by molar-refractivity contribution is -0.597. The predicted molar refractivity (Wildman–Crippen MR) is 358 cm³/mol. The first kappa shape index (κ1) is 84.9. The molecule has 0 radical (unpaired) electrons. The summed E-state index contributed by atoms with van der Waals surface area (Å²) in [5, 5.41) is 8.80. The van der Waals surface area contributed by atoms with Gasteiger partial charge in [0.05, 0.1) is 99.6 Å². The number of benzene rings is 2. The minimum atomic E-state index is -0.475. The molecular formula is C71H118IN4O18+. The van der Waals surface area contributed by atoms with Crippen LogP contribution in [0.2, 0.25) is 0 Å². The molecule has 2 aromatic carbocycles. The SMILES string of the molecule is C=CC(=O)OCCOCCOCCOCCOCCOCCOCCOCCOC(=O)CCCCCCCNC(=O)N(CCCCCCNC(=O)OC(CCCCCCCCCCCC)COc1ccc([I+]c2ccccc2)cc1)C(=O)NCCCCCCCC(=O)OC. The topological polar surface area (TPSA) is 253 Å². The molecule has 0 fully saturated rings. The maximum Gasteiger partial charge on any atom is 0.407 e. The van der Waals surface area contributed by atoms with Gasteiger partial charge >= 0.3 is 57.3 Å². The number of hydrogen-bond donors (Lipinski definition) is 3. The molecule has 94 heavy (non-hydrogen) atoms. The summed E-state index contributed by atoms with van der Waals surface area (Å²) in [4.78, 5) is 75.9. The maximum absolute atomic E-state index is 13.4. The van der Waals surface area contributed by atoms with Gasteiger partial charge in [-0.25, -0.2) is 24.1 Å². The van der Waals surface area contributed by atoms with Crippen molar-refractivity contribution in [3.8, 4) is 5.75 Å². The quantitative estimate of drug-likeness (QED) is 0.0183. The first-order valence-electron chi connectivity index (χ1n) is 34.9. The van der Waals surface area contributed by atoms with Gasteiger partial charge in [-0.2, -0.15) is 0 Å². The smallest absolute Gasteiger partial charge is 0.407 e. The van der Waals surface area contributed by atoms with Crippen LogP contribution >= 0.6 is 0 Å². The molecule has 0 spiro atoms. The van der Waals surface area contributed by atoms with Gasteiger partial charge < -0.3 is 72.8 Å². The van der Waals surface area contributed by atoms with E-state index in [0.717, 1.165) is 108 Å². The molecule has 0 heterocycles. The van der Waals surface area contributed by atoms with Gasteiger partial charge in [0.15, 0.2) is 7.14 Å². The Labute approximate surface area is 572 Å². The van der Waals surface area contributed by atoms with Gasteiger partial charge in [0.25, 0.3) is 0 Å². The zero-order chi connectivity index (χ0) is 67.7. The van der Waals surface area contributed by atoms with Crippen LogP contribution in [0.25, 0.3) is 0 Å². The number of alkyl carbamates (subject to hydrolysis) is 1. The number of methoxy groups -OCH3 is 1. The molecule has 1 atom stereocenters. The summed E-state index contributed by atoms with van der Waals surface area (Å²) in [6.45, 7) is 13.4. The van der Waals surface area contributed by atoms with Crippen LogP contribution < -0.4 is 41.9 Å². The van der Waals surface area contributed by atoms with E-state index in [1.807, 2.05) is 18.2 Å². The normalized spacial score (nSPS) is 11.4. The molecule has 22 nitrogen and oxygen atoms in total. The number of unbranched alkanes of at least 4 members (excludes halogenated alkanes) is 20. The molecule has 0 saturated carbocycles. The van der Waals surface area contributed by atoms with E-state index in [9.17, 15) is 28.8 Å². The summed E-state index contributed by atoms with van der Waals surface area (Å²) in [6, 6.07) is 17.9. The maximum atomic E-state index is 13.4. The molecule has 0 aromatic heterocycles. The summed E-state index contributed by atoms with van der Waals surface area (Å²) >= 11 is -0.277. The van der Waals surface area contributed by atoms with Crippen molar-refractivity contribution >= 4 is 36.1 Å². The second kappa shape index (κ2) is 63.9. The van der Waals surface area contributed by atoms with E-state index >= 15 is 0 Å². The number of imide groups is 1. The van der Waals surface area contributed by atoms with Crippen LogP contribution in [0.5, 0.6) is 5.75 Å². The molecule has 0 aliphatic heterocycles. The Bertz CT molecular complexity index is 2170. The van der Waals surface area contributed by atoms with Crippen molar-refractivity contribution in [3.05, 3.63) is 74.4 Å². The van der Waals surface area contributed by atoms with Gasteiger partial charge in [0, 0.05) is 45.1 Å². The minimum Gasteiger partial charge on any atom is -0.490 e. The van der Waals surface area contributed by atoms with Gasteiger partial charge in [-0.15, -0.1) is 0 Å². The number of esters is 3. The zero-order valence-electron chi connectivity index (χ0n) is 57.2. The zero-order valence-corrected chi connectivity index (χ0v) is 59.3. The number of urea groups is 2. The summed E-state index contributed by atoms with van der Waals surface area (Å²) in [5.41, 5.74) is 0. The molecule has 0 aliphatic carbocycles. The highest BCUT2D eigenvalue weighted by molar-refractivity contribution is 5.93. The number of nitrogens with one attached hydrogen (secondary N) is 3. The first-order valence-corrected chi connectivity index (χ1v) is 37.1. The Kier molecular flexibility index (Phi) is 57.7. The highest BCUT2D eigenvalue weighted by atomic mass is 127. The minimum absolute atomic E-state index is 0.172. The van der Waals surface area contributed by atoms with Crippen LogP contribution in [-0.4, -0.2) is 193 Å². The van der Waals surface area contributed by atoms with Crippen LogP contribution in [0.4, 0.5) is 14.4 Å². The lowest BCUT2D eigenvalue weighted by Gasteiger charge is -2.22. The number of halogens is 1. The van der Waals surface area contributed by atoms with E-state index in [1.54, 1.807) is 0 Å². The van der Waals surface area contributed by atoms with E-state index in [4.69, 9.17) is 56.8 Å². The molecule has 1 unspecified atom stereocenters. The Morgan fingerprint density at radius 2 is 0.862 bits per heavy atom. The Balaban J connectivity index is 1.60. The summed E-state index contributed by atoms with van der Waals surface area (Å²) in [7, 11) is 1.39. The summed E-state index contributed by atoms with van der Waals surface area (Å²) < 4.78 is 67.9. The van der Waals surface area contributed by atoms with Gasteiger partial charge in [-0.3, -0.25) is 9.59 Å². The van der Waals surface area contributed by atoms with Gasteiger partial charge in [-0.05, 0) is 87.8 Å². The summed E-state index contributed by atoms with van der Waals surface area (Å²) in [6.07, 6.45) is 25.1. The third-order valence-corrected chi connectivity index (χ3v) is 17.4. The third kappa shape index (κ3) is 53.0. The Morgan fingerprint density at radius 3 is 1.34 bits per heavy atom. The van der Waals surface area contributed by atoms with Gasteiger partial charge in [-0.1, -0.05) is 141 Å². The molecule has 0 aliphatic rings. The molecule has 3 N–H and O–H groups in total. The van der Waals surface area contributed by atoms with E-state index < -0.39 is 24.1 Å². The Morgan fingerprint density at radius 1 is 0.457 bits per heavy atom. The number of ether oxygens (including phenoxy) is 12. The molecule has 0 saturated heterocycles. The fourth-order valence-corrected chi connectivity index (χ4v) is 11.6. The number of nitrogens with zero attached hydrogens (tertiary/aromatic N) is 1. The highest BCUT2D eigenvalue weighted by Gasteiger charge is 2.21. The van der Waals surface area contributed by atoms with Crippen molar-refractivity contribution in [2.45, 2.75) is 186 Å². The van der Waals surface area contributed by atoms with Crippen LogP contribution in [0.1, 0.15) is 180 Å². The van der Waals surface area contributed by atoms with Gasteiger partial charge in [0.2, 0.25) is 0 Å². The average molecular weight is 1440 g/mol. The Hall–Kier alpha value is -5.15. The van der Waals surface area contributed by atoms with Crippen LogP contribution in [0.15, 0.2) is 67.3 Å². The van der Waals surface area contributed by atoms with Crippen molar-refractivity contribution in [2.24, 2.45) is 0 Å². The van der Waals surface area contributed by atoms with Crippen LogP contribution in [0.3, 0.4) is 0 Å². The van der Waals surface area contributed by atoms with E-state index in [0.29, 0.717) is 131 Å². The molecule has 0 bridgehead atoms. The molecule has 5 amide bonds. The van der Waals surface area contributed by atoms with E-state index in [2.05, 4.69) is 65.9 Å². The third-order valence-electron chi connectivity index (χ3n) is 14.7. The number of hydrogen-bond acceptors (Lipinski definition) is 18. The monoisotopic (exact) mass is 1440 g/mol. The molecule has 2 aromatic rings. The molecule has 536 valence electrons. The lowest BCUT2D eigenvalue weighted by atomic mass is 10.0. The number of rotatable bonds is 65. The lowest BCUT2D eigenvalue weighted by Crippen LogP contribution is -3.61. The molecule has 2 rings (SSSR count). The second-order valence-corrected chi connectivity index (χ2v) is 25.6. The van der Waals surface area contributed by atoms with Crippen LogP contribution in [0, 0.1) is 7.14 Å². The van der Waals surface area contributed by atoms with Crippen molar-refractivity contribution in [3.63, 3.8) is 0 Å². The van der Waals surface area contributed by atoms with Crippen molar-refractivity contribution in [1.29, 1.82) is 0 Å². The number of carbonyl (C=O) groups excluding carboxylic acids is 6. The summed E-state index contributed by atoms with van der Waals surface area (Å²) in [5.74, 6) is -0.192. The first-order chi connectivity index (χ1) is 46.1. The highest BCUT2D eigenvalue weighted by Crippen LogP contribution is 2.16. The number of amides is 5. The van der Waals surface area contributed by atoms with Crippen molar-refractivity contribution in [2.75, 3.05) is 146 Å². The number of carbonyl (C=O) groups is 6. The van der Waals surface area contributed by atoms with Crippen molar-refractivity contribution < 1.29 is 107 Å². The molecule has 23 heteroatoms. The van der Waals surface area contributed by atoms with E-state index in [-0.39, 0.29) is 72.2 Å². The van der Waals surface area contributed by atoms with E-state index in [1.165, 1.54) is 70.5 Å². The average Bonchev–Trinajstić information content (AvgIpc) is 2.53. The standard InChI is InChI=1S/C71H117IN4O18/c1-4-6-7-8-9-10-11-12-15-25-34-65(61-93-64-39-37-63(38-40-64)72-62-32-23-22-24-33-62)94-71(82)75-43-30-20-21-31-44-76(69(80)73-41-28-18-13-16-26-35-67(78)83-3)70(81)74-42-29-19-14-17-27-36-68(79)92-60-58-90-56-54-88-52-50-86-48-46-84-45-47-85-49-51-87-53-55-89-57-59-91-66(77)5-2/h5,22-24,32-33,37-40,65H,2,4,6-21,25-31,34-36,41-61H2,1,3H3,(H2-,73,74,75,80,81,82)/p+1. The fourth-order valence-electron chi connectivity index (χ4n) is 9.35. The largest absolute Gasteiger partial charge is 0.490 e. The van der Waals surface area contributed by atoms with Crippen molar-refractivity contribution in [1.82, 2.24) is 20.9 Å². The molecular weight excluding hydrogens is 1320 g/mol. The second-order valence-electron chi connectivity index (χ2n) is 22.6. The van der Waals surface area contributed by atoms with Crippen LogP contribution in [-0.2, 0) is 66.5 Å².